The number of hydrogen-bond donors (Lipinski definition) is 4. The van der Waals surface area contributed by atoms with Crippen LogP contribution in [0.1, 0.15) is 23.0 Å². The van der Waals surface area contributed by atoms with Gasteiger partial charge in [0.1, 0.15) is 17.3 Å². The maximum absolute atomic E-state index is 12.8. The molecule has 108 valence electrons. The van der Waals surface area contributed by atoms with E-state index in [1.54, 1.807) is 0 Å². The molecule has 0 aliphatic heterocycles. The Morgan fingerprint density at radius 2 is 2.26 bits per heavy atom. The number of thiazole rings is 1. The number of aliphatic hydroxyl groups is 1. The van der Waals surface area contributed by atoms with Crippen LogP contribution in [0, 0.1) is 0 Å². The van der Waals surface area contributed by atoms with Crippen molar-refractivity contribution in [3.63, 3.8) is 0 Å². The van der Waals surface area contributed by atoms with Gasteiger partial charge in [-0.05, 0) is 6.42 Å². The number of aromatic nitrogens is 1. The molecule has 6 nitrogen and oxygen atoms in total. The van der Waals surface area contributed by atoms with Gasteiger partial charge in [0.25, 0.3) is 11.8 Å². The molecule has 0 unspecified atom stereocenters. The van der Waals surface area contributed by atoms with Crippen LogP contribution in [0.15, 0.2) is 0 Å². The Hall–Kier alpha value is -1.48. The van der Waals surface area contributed by atoms with Gasteiger partial charge < -0.3 is 21.5 Å². The molecule has 0 bridgehead atoms. The minimum absolute atomic E-state index is 0.00609. The number of rotatable bonds is 7. The first kappa shape index (κ1) is 15.6. The molecule has 0 saturated carbocycles. The molecule has 0 fully saturated rings. The van der Waals surface area contributed by atoms with Crippen LogP contribution >= 0.6 is 11.3 Å². The van der Waals surface area contributed by atoms with E-state index in [4.69, 9.17) is 10.8 Å². The number of nitrogens with one attached hydrogen (secondary N) is 2. The van der Waals surface area contributed by atoms with Crippen LogP contribution in [0.4, 0.5) is 19.7 Å². The summed E-state index contributed by atoms with van der Waals surface area (Å²) in [6, 6.07) is 0. The van der Waals surface area contributed by atoms with E-state index >= 15 is 0 Å². The van der Waals surface area contributed by atoms with Gasteiger partial charge in [-0.3, -0.25) is 4.79 Å². The summed E-state index contributed by atoms with van der Waals surface area (Å²) in [7, 11) is 0. The number of hydrogen-bond acceptors (Lipinski definition) is 6. The lowest BCUT2D eigenvalue weighted by molar-refractivity contribution is -0.0461. The molecular formula is C10H16F2N4O2S. The fraction of sp³-hybridized carbons (Fsp3) is 0.600. The average Bonchev–Trinajstić information content (AvgIpc) is 2.75. The number of halogens is 2. The van der Waals surface area contributed by atoms with E-state index in [2.05, 4.69) is 10.3 Å². The van der Waals surface area contributed by atoms with E-state index in [-0.39, 0.29) is 10.7 Å². The van der Waals surface area contributed by atoms with Crippen LogP contribution < -0.4 is 16.4 Å². The number of aliphatic hydroxyl groups excluding tert-OH is 1. The van der Waals surface area contributed by atoms with Gasteiger partial charge in [-0.2, -0.15) is 0 Å². The maximum atomic E-state index is 12.8. The number of nitrogens with two attached hydrogens (primary N) is 1. The highest BCUT2D eigenvalue weighted by Crippen LogP contribution is 2.25. The molecule has 5 N–H and O–H groups in total. The third-order valence-corrected chi connectivity index (χ3v) is 3.15. The third-order valence-electron chi connectivity index (χ3n) is 2.12. The van der Waals surface area contributed by atoms with Crippen LogP contribution in [-0.2, 0) is 0 Å². The summed E-state index contributed by atoms with van der Waals surface area (Å²) < 4.78 is 25.6. The lowest BCUT2D eigenvalue weighted by Crippen LogP contribution is -2.38. The summed E-state index contributed by atoms with van der Waals surface area (Å²) in [5, 5.41) is 13.8. The molecule has 1 aromatic rings. The minimum atomic E-state index is -3.35. The van der Waals surface area contributed by atoms with Gasteiger partial charge in [-0.1, -0.05) is 18.3 Å². The smallest absolute Gasteiger partial charge is 0.287 e. The Morgan fingerprint density at radius 1 is 1.58 bits per heavy atom. The summed E-state index contributed by atoms with van der Waals surface area (Å²) in [4.78, 5) is 15.6. The quantitative estimate of drug-likeness (QED) is 0.599. The predicted molar refractivity (Wildman–Crippen MR) is 69.7 cm³/mol. The van der Waals surface area contributed by atoms with E-state index in [0.717, 1.165) is 17.8 Å². The summed E-state index contributed by atoms with van der Waals surface area (Å²) in [5.74, 6) is -4.08. The molecule has 1 amide bonds. The SMILES string of the molecule is CCCNc1nc(N)c(C(=O)NCC(F)(F)CO)s1. The molecule has 0 atom stereocenters. The number of carbonyl (C=O) groups is 1. The van der Waals surface area contributed by atoms with Crippen LogP contribution in [0.3, 0.4) is 0 Å². The van der Waals surface area contributed by atoms with Crippen molar-refractivity contribution in [1.82, 2.24) is 10.3 Å². The Bertz CT molecular complexity index is 439. The number of amides is 1. The molecule has 1 rings (SSSR count). The first-order valence-electron chi connectivity index (χ1n) is 5.66. The van der Waals surface area contributed by atoms with Gasteiger partial charge in [0.05, 0.1) is 6.54 Å². The standard InChI is InChI=1S/C10H16F2N4O2S/c1-2-3-14-9-16-7(13)6(19-9)8(18)15-4-10(11,12)5-17/h17H,2-5,13H2,1H3,(H,14,16)(H,15,18). The normalized spacial score (nSPS) is 11.4. The zero-order valence-electron chi connectivity index (χ0n) is 10.4. The van der Waals surface area contributed by atoms with Gasteiger partial charge in [-0.15, -0.1) is 0 Å². The Balaban J connectivity index is 2.64. The maximum Gasteiger partial charge on any atom is 0.287 e. The minimum Gasteiger partial charge on any atom is -0.390 e. The zero-order valence-corrected chi connectivity index (χ0v) is 11.2. The van der Waals surface area contributed by atoms with E-state index < -0.39 is 25.0 Å². The second-order valence-corrected chi connectivity index (χ2v) is 4.86. The summed E-state index contributed by atoms with van der Waals surface area (Å²) in [5.41, 5.74) is 5.55. The van der Waals surface area contributed by atoms with Gasteiger partial charge in [0.2, 0.25) is 0 Å². The molecule has 0 radical (unpaired) electrons. The highest BCUT2D eigenvalue weighted by atomic mass is 32.1. The Labute approximate surface area is 113 Å². The van der Waals surface area contributed by atoms with Crippen LogP contribution in [0.2, 0.25) is 0 Å². The second kappa shape index (κ2) is 6.62. The van der Waals surface area contributed by atoms with Crippen molar-refractivity contribution in [2.24, 2.45) is 0 Å². The lowest BCUT2D eigenvalue weighted by Gasteiger charge is -2.13. The summed E-state index contributed by atoms with van der Waals surface area (Å²) in [6.07, 6.45) is 0.879. The molecule has 9 heteroatoms. The molecule has 0 aromatic carbocycles. The van der Waals surface area contributed by atoms with Crippen LogP contribution in [0.25, 0.3) is 0 Å². The predicted octanol–water partition coefficient (Wildman–Crippen LogP) is 0.905. The zero-order chi connectivity index (χ0) is 14.5. The van der Waals surface area contributed by atoms with Gasteiger partial charge in [-0.25, -0.2) is 13.8 Å². The first-order valence-corrected chi connectivity index (χ1v) is 6.48. The second-order valence-electron chi connectivity index (χ2n) is 3.86. The van der Waals surface area contributed by atoms with Crippen molar-refractivity contribution in [1.29, 1.82) is 0 Å². The van der Waals surface area contributed by atoms with Crippen molar-refractivity contribution in [3.05, 3.63) is 4.88 Å². The van der Waals surface area contributed by atoms with E-state index in [0.29, 0.717) is 11.7 Å². The molecule has 0 saturated heterocycles. The third kappa shape index (κ3) is 4.60. The van der Waals surface area contributed by atoms with Crippen molar-refractivity contribution in [3.8, 4) is 0 Å². The van der Waals surface area contributed by atoms with Gasteiger partial charge in [0.15, 0.2) is 5.13 Å². The molecule has 19 heavy (non-hydrogen) atoms. The monoisotopic (exact) mass is 294 g/mol. The fourth-order valence-corrected chi connectivity index (χ4v) is 1.97. The van der Waals surface area contributed by atoms with Crippen molar-refractivity contribution in [2.45, 2.75) is 19.3 Å². The Kier molecular flexibility index (Phi) is 5.43. The van der Waals surface area contributed by atoms with E-state index in [1.165, 1.54) is 0 Å². The topological polar surface area (TPSA) is 100 Å². The summed E-state index contributed by atoms with van der Waals surface area (Å²) in [6.45, 7) is 0.372. The molecule has 0 aliphatic rings. The van der Waals surface area contributed by atoms with Crippen molar-refractivity contribution >= 4 is 28.2 Å². The number of carbonyl (C=O) groups excluding carboxylic acids is 1. The van der Waals surface area contributed by atoms with Crippen LogP contribution in [0.5, 0.6) is 0 Å². The Morgan fingerprint density at radius 3 is 2.84 bits per heavy atom. The van der Waals surface area contributed by atoms with Gasteiger partial charge in [0, 0.05) is 6.54 Å². The number of nitrogens with zero attached hydrogens (tertiary/aromatic N) is 1. The highest BCUT2D eigenvalue weighted by Gasteiger charge is 2.29. The van der Waals surface area contributed by atoms with Crippen molar-refractivity contribution < 1.29 is 18.7 Å². The molecule has 1 heterocycles. The van der Waals surface area contributed by atoms with Gasteiger partial charge >= 0.3 is 0 Å². The molecule has 0 aliphatic carbocycles. The first-order chi connectivity index (χ1) is 8.89. The molecule has 1 aromatic heterocycles. The lowest BCUT2D eigenvalue weighted by atomic mass is 10.3. The average molecular weight is 294 g/mol. The van der Waals surface area contributed by atoms with E-state index in [1.807, 2.05) is 12.2 Å². The van der Waals surface area contributed by atoms with Crippen LogP contribution in [-0.4, -0.2) is 41.6 Å². The highest BCUT2D eigenvalue weighted by molar-refractivity contribution is 7.18. The number of alkyl halides is 2. The van der Waals surface area contributed by atoms with Crippen molar-refractivity contribution in [2.75, 3.05) is 30.7 Å². The number of anilines is 2. The molecular weight excluding hydrogens is 278 g/mol. The largest absolute Gasteiger partial charge is 0.390 e. The fourth-order valence-electron chi connectivity index (χ4n) is 1.15. The number of nitrogen functional groups attached to an aromatic ring is 1. The molecule has 0 spiro atoms. The van der Waals surface area contributed by atoms with E-state index in [9.17, 15) is 13.6 Å². The summed E-state index contributed by atoms with van der Waals surface area (Å²) >= 11 is 0.999.